The van der Waals surface area contributed by atoms with E-state index in [1.165, 1.54) is 7.11 Å². The van der Waals surface area contributed by atoms with Crippen LogP contribution >= 0.6 is 0 Å². The smallest absolute Gasteiger partial charge is 0.333 e. The van der Waals surface area contributed by atoms with E-state index in [-0.39, 0.29) is 26.4 Å². The quantitative estimate of drug-likeness (QED) is 0.0559. The van der Waals surface area contributed by atoms with Crippen LogP contribution in [-0.2, 0) is 64.4 Å². The number of nitrogens with zero attached hydrogens (tertiary/aromatic N) is 1. The molecule has 0 saturated carbocycles. The van der Waals surface area contributed by atoms with Crippen molar-refractivity contribution >= 4 is 11.7 Å². The Morgan fingerprint density at radius 1 is 0.517 bits per heavy atom. The summed E-state index contributed by atoms with van der Waals surface area (Å²) in [6.45, 7) is 1.17. The Balaban J connectivity index is 1.23. The maximum Gasteiger partial charge on any atom is 0.333 e. The van der Waals surface area contributed by atoms with Gasteiger partial charge in [-0.05, 0) is 22.3 Å². The van der Waals surface area contributed by atoms with Gasteiger partial charge in [0.25, 0.3) is 0 Å². The predicted octanol–water partition coefficient (Wildman–Crippen LogP) is 8.78. The third kappa shape index (κ3) is 12.1. The van der Waals surface area contributed by atoms with Crippen molar-refractivity contribution in [3.05, 3.63) is 215 Å². The van der Waals surface area contributed by atoms with Crippen molar-refractivity contribution in [1.82, 2.24) is 0 Å². The van der Waals surface area contributed by atoms with Gasteiger partial charge in [0, 0.05) is 11.1 Å². The molecule has 0 unspecified atom stereocenters. The van der Waals surface area contributed by atoms with Crippen LogP contribution < -0.4 is 0 Å². The molecule has 1 heterocycles. The Morgan fingerprint density at radius 2 is 0.917 bits per heavy atom. The van der Waals surface area contributed by atoms with E-state index in [0.717, 1.165) is 33.4 Å². The predicted molar refractivity (Wildman–Crippen MR) is 230 cm³/mol. The van der Waals surface area contributed by atoms with E-state index in [0.29, 0.717) is 18.9 Å². The van der Waals surface area contributed by atoms with E-state index in [1.54, 1.807) is 0 Å². The van der Waals surface area contributed by atoms with Gasteiger partial charge in [0.15, 0.2) is 12.3 Å². The standard InChI is InChI=1S/C51H51NO8/c1-54-50(53)44(52-46(42-28-16-6-17-29-42)43-30-18-7-19-31-43)36-59-51-49(58-35-41-26-14-5-15-27-41)48(57-34-40-24-12-4-13-25-40)47(56-33-39-22-10-3-11-23-39)45(60-51)37-55-32-38-20-8-2-9-21-38/h2-31,44-45,47-49,51H,32-37H2,1H3/t44-,45+,47+,48-,49+,51-/m0/s1. The number of aliphatic imine (C=N–C) groups is 1. The highest BCUT2D eigenvalue weighted by Gasteiger charge is 2.49. The van der Waals surface area contributed by atoms with Gasteiger partial charge in [-0.15, -0.1) is 0 Å². The molecule has 308 valence electrons. The second-order valence-corrected chi connectivity index (χ2v) is 14.4. The fraction of sp³-hybridized carbons (Fsp3) is 0.255. The monoisotopic (exact) mass is 805 g/mol. The number of esters is 1. The van der Waals surface area contributed by atoms with E-state index >= 15 is 0 Å². The van der Waals surface area contributed by atoms with E-state index < -0.39 is 42.7 Å². The van der Waals surface area contributed by atoms with E-state index in [9.17, 15) is 4.79 Å². The summed E-state index contributed by atoms with van der Waals surface area (Å²) in [5, 5.41) is 0. The van der Waals surface area contributed by atoms with Crippen LogP contribution in [0.1, 0.15) is 33.4 Å². The molecule has 1 aliphatic rings. The Hall–Kier alpha value is -5.78. The topological polar surface area (TPSA) is 94.0 Å². The average molecular weight is 806 g/mol. The highest BCUT2D eigenvalue weighted by molar-refractivity contribution is 6.13. The zero-order chi connectivity index (χ0) is 41.2. The summed E-state index contributed by atoms with van der Waals surface area (Å²) in [5.41, 5.74) is 6.28. The molecule has 0 radical (unpaired) electrons. The maximum absolute atomic E-state index is 13.6. The molecule has 1 aliphatic heterocycles. The van der Waals surface area contributed by atoms with Crippen LogP contribution in [0.25, 0.3) is 0 Å². The van der Waals surface area contributed by atoms with Gasteiger partial charge in [0.05, 0.1) is 52.5 Å². The van der Waals surface area contributed by atoms with Crippen LogP contribution in [0, 0.1) is 0 Å². The van der Waals surface area contributed by atoms with Gasteiger partial charge in [-0.3, -0.25) is 4.99 Å². The zero-order valence-corrected chi connectivity index (χ0v) is 33.7. The van der Waals surface area contributed by atoms with Gasteiger partial charge >= 0.3 is 5.97 Å². The molecule has 0 spiro atoms. The van der Waals surface area contributed by atoms with Crippen molar-refractivity contribution in [3.8, 4) is 0 Å². The van der Waals surface area contributed by atoms with Crippen molar-refractivity contribution in [3.63, 3.8) is 0 Å². The first-order valence-corrected chi connectivity index (χ1v) is 20.3. The van der Waals surface area contributed by atoms with Gasteiger partial charge in [-0.2, -0.15) is 0 Å². The average Bonchev–Trinajstić information content (AvgIpc) is 3.31. The molecule has 6 aromatic carbocycles. The van der Waals surface area contributed by atoms with Gasteiger partial charge in [0.2, 0.25) is 0 Å². The number of methoxy groups -OCH3 is 1. The normalized spacial score (nSPS) is 19.2. The molecule has 1 saturated heterocycles. The molecule has 0 bridgehead atoms. The lowest BCUT2D eigenvalue weighted by Crippen LogP contribution is -2.62. The van der Waals surface area contributed by atoms with Crippen molar-refractivity contribution in [2.45, 2.75) is 63.2 Å². The number of hydrogen-bond acceptors (Lipinski definition) is 9. The fourth-order valence-electron chi connectivity index (χ4n) is 7.02. The summed E-state index contributed by atoms with van der Waals surface area (Å²) in [7, 11) is 1.35. The summed E-state index contributed by atoms with van der Waals surface area (Å²) >= 11 is 0. The lowest BCUT2D eigenvalue weighted by Gasteiger charge is -2.46. The second kappa shape index (κ2) is 22.6. The van der Waals surface area contributed by atoms with Gasteiger partial charge in [0.1, 0.15) is 24.4 Å². The largest absolute Gasteiger partial charge is 0.467 e. The molecule has 1 fully saturated rings. The molecule has 6 aromatic rings. The van der Waals surface area contributed by atoms with Gasteiger partial charge in [-0.1, -0.05) is 182 Å². The van der Waals surface area contributed by atoms with Crippen LogP contribution in [-0.4, -0.2) is 68.8 Å². The first-order valence-electron chi connectivity index (χ1n) is 20.3. The molecule has 9 nitrogen and oxygen atoms in total. The SMILES string of the molecule is COC(=O)[C@H](CO[C@H]1O[C@H](COCc2ccccc2)[C@@H](OCc2ccccc2)[C@H](OCc2ccccc2)[C@H]1OCc1ccccc1)N=C(c1ccccc1)c1ccccc1. The Bertz CT molecular complexity index is 2120. The molecule has 0 aliphatic carbocycles. The Labute approximate surface area is 352 Å². The molecule has 7 rings (SSSR count). The number of ether oxygens (including phenoxy) is 7. The molecule has 0 N–H and O–H groups in total. The van der Waals surface area contributed by atoms with Crippen molar-refractivity contribution in [2.24, 2.45) is 4.99 Å². The first kappa shape index (κ1) is 42.3. The molecule has 0 amide bonds. The lowest BCUT2D eigenvalue weighted by molar-refractivity contribution is -0.328. The molecule has 60 heavy (non-hydrogen) atoms. The molecule has 6 atom stereocenters. The van der Waals surface area contributed by atoms with Crippen LogP contribution in [0.3, 0.4) is 0 Å². The minimum absolute atomic E-state index is 0.162. The third-order valence-electron chi connectivity index (χ3n) is 10.1. The van der Waals surface area contributed by atoms with Crippen LogP contribution in [0.15, 0.2) is 187 Å². The fourth-order valence-corrected chi connectivity index (χ4v) is 7.02. The van der Waals surface area contributed by atoms with Crippen LogP contribution in [0.4, 0.5) is 0 Å². The first-order chi connectivity index (χ1) is 29.6. The summed E-state index contributed by atoms with van der Waals surface area (Å²) in [5.74, 6) is -0.555. The van der Waals surface area contributed by atoms with Crippen molar-refractivity contribution in [2.75, 3.05) is 20.3 Å². The van der Waals surface area contributed by atoms with Crippen LogP contribution in [0.2, 0.25) is 0 Å². The summed E-state index contributed by atoms with van der Waals surface area (Å²) in [6, 6.07) is 58.2. The summed E-state index contributed by atoms with van der Waals surface area (Å²) < 4.78 is 45.6. The summed E-state index contributed by atoms with van der Waals surface area (Å²) in [4.78, 5) is 18.6. The third-order valence-corrected chi connectivity index (χ3v) is 10.1. The highest BCUT2D eigenvalue weighted by atomic mass is 16.7. The lowest BCUT2D eigenvalue weighted by atomic mass is 9.97. The second-order valence-electron chi connectivity index (χ2n) is 14.4. The number of rotatable bonds is 20. The Morgan fingerprint density at radius 3 is 1.37 bits per heavy atom. The van der Waals surface area contributed by atoms with E-state index in [2.05, 4.69) is 0 Å². The number of carbonyl (C=O) groups excluding carboxylic acids is 1. The van der Waals surface area contributed by atoms with Gasteiger partial charge in [-0.25, -0.2) is 4.79 Å². The molecule has 9 heteroatoms. The Kier molecular flexibility index (Phi) is 15.9. The molecule has 0 aromatic heterocycles. The van der Waals surface area contributed by atoms with Crippen molar-refractivity contribution < 1.29 is 38.0 Å². The maximum atomic E-state index is 13.6. The highest BCUT2D eigenvalue weighted by Crippen LogP contribution is 2.32. The number of carbonyl (C=O) groups is 1. The van der Waals surface area contributed by atoms with Crippen molar-refractivity contribution in [1.29, 1.82) is 0 Å². The van der Waals surface area contributed by atoms with Crippen LogP contribution in [0.5, 0.6) is 0 Å². The van der Waals surface area contributed by atoms with E-state index in [4.69, 9.17) is 38.2 Å². The number of hydrogen-bond donors (Lipinski definition) is 0. The summed E-state index contributed by atoms with van der Waals surface area (Å²) in [6.07, 6.45) is -3.86. The zero-order valence-electron chi connectivity index (χ0n) is 33.7. The molecular weight excluding hydrogens is 755 g/mol. The minimum Gasteiger partial charge on any atom is -0.467 e. The number of benzene rings is 6. The molecular formula is C51H51NO8. The minimum atomic E-state index is -1.05. The van der Waals surface area contributed by atoms with E-state index in [1.807, 2.05) is 182 Å². The van der Waals surface area contributed by atoms with Gasteiger partial charge < -0.3 is 33.2 Å².